The van der Waals surface area contributed by atoms with Gasteiger partial charge in [0.2, 0.25) is 0 Å². The van der Waals surface area contributed by atoms with Crippen LogP contribution in [0.15, 0.2) is 85.0 Å². The Morgan fingerprint density at radius 2 is 1.39 bits per heavy atom. The largest absolute Gasteiger partial charge is 0.401 e. The van der Waals surface area contributed by atoms with Crippen molar-refractivity contribution in [3.8, 4) is 0 Å². The molecule has 3 atom stereocenters. The Kier molecular flexibility index (Phi) is 5.41. The van der Waals surface area contributed by atoms with Gasteiger partial charge in [-0.15, -0.1) is 0 Å². The Labute approximate surface area is 170 Å². The second-order valence-electron chi connectivity index (χ2n) is 8.79. The minimum atomic E-state index is -2.56. The Bertz CT molecular complexity index is 796. The smallest absolute Gasteiger partial charge is 0.261 e. The summed E-state index contributed by atoms with van der Waals surface area (Å²) in [7, 11) is -2.56. The van der Waals surface area contributed by atoms with Gasteiger partial charge in [0, 0.05) is 0 Å². The molecule has 2 aromatic carbocycles. The van der Waals surface area contributed by atoms with Crippen molar-refractivity contribution in [3.05, 3.63) is 85.0 Å². The van der Waals surface area contributed by atoms with E-state index in [0.29, 0.717) is 0 Å². The average Bonchev–Trinajstić information content (AvgIpc) is 3.18. The summed E-state index contributed by atoms with van der Waals surface area (Å²) in [4.78, 5) is 0. The summed E-state index contributed by atoms with van der Waals surface area (Å²) in [5, 5.41) is 2.61. The van der Waals surface area contributed by atoms with Crippen LogP contribution in [0.2, 0.25) is 5.04 Å². The van der Waals surface area contributed by atoms with E-state index in [1.807, 2.05) is 0 Å². The lowest BCUT2D eigenvalue weighted by atomic mass is 10.1. The monoisotopic (exact) mass is 390 g/mol. The highest BCUT2D eigenvalue weighted by atomic mass is 28.4. The first-order chi connectivity index (χ1) is 13.5. The van der Waals surface area contributed by atoms with Gasteiger partial charge >= 0.3 is 0 Å². The molecule has 4 rings (SSSR count). The number of benzene rings is 2. The van der Waals surface area contributed by atoms with Crippen molar-refractivity contribution in [2.75, 3.05) is 0 Å². The normalized spacial score (nSPS) is 25.9. The molecule has 0 saturated carbocycles. The molecule has 28 heavy (non-hydrogen) atoms. The highest BCUT2D eigenvalue weighted by molar-refractivity contribution is 6.99. The maximum Gasteiger partial charge on any atom is 0.261 e. The maximum atomic E-state index is 7.29. The molecule has 2 bridgehead atoms. The van der Waals surface area contributed by atoms with Crippen molar-refractivity contribution >= 4 is 18.7 Å². The van der Waals surface area contributed by atoms with Gasteiger partial charge in [-0.1, -0.05) is 106 Å². The van der Waals surface area contributed by atoms with Gasteiger partial charge in [-0.05, 0) is 28.3 Å². The number of ether oxygens (including phenoxy) is 1. The molecule has 2 aliphatic rings. The molecule has 2 heterocycles. The van der Waals surface area contributed by atoms with Crippen molar-refractivity contribution in [1.29, 1.82) is 0 Å². The molecule has 146 valence electrons. The van der Waals surface area contributed by atoms with Gasteiger partial charge in [-0.3, -0.25) is 0 Å². The maximum absolute atomic E-state index is 7.29. The molecule has 0 radical (unpaired) electrons. The van der Waals surface area contributed by atoms with E-state index in [0.717, 1.165) is 12.8 Å². The summed E-state index contributed by atoms with van der Waals surface area (Å²) in [6.45, 7) is 6.98. The zero-order chi connectivity index (χ0) is 19.6. The molecule has 0 aromatic heterocycles. The third kappa shape index (κ3) is 3.55. The van der Waals surface area contributed by atoms with Crippen molar-refractivity contribution in [1.82, 2.24) is 0 Å². The van der Waals surface area contributed by atoms with Crippen molar-refractivity contribution in [2.24, 2.45) is 0 Å². The van der Waals surface area contributed by atoms with Gasteiger partial charge in [-0.2, -0.15) is 0 Å². The summed E-state index contributed by atoms with van der Waals surface area (Å²) >= 11 is 0. The molecule has 2 aromatic rings. The zero-order valence-corrected chi connectivity index (χ0v) is 18.0. The van der Waals surface area contributed by atoms with Gasteiger partial charge in [0.15, 0.2) is 0 Å². The average molecular weight is 391 g/mol. The van der Waals surface area contributed by atoms with E-state index in [2.05, 4.69) is 106 Å². The van der Waals surface area contributed by atoms with Crippen LogP contribution in [0.5, 0.6) is 0 Å². The van der Waals surface area contributed by atoms with Crippen LogP contribution in [0.25, 0.3) is 0 Å². The lowest BCUT2D eigenvalue weighted by Crippen LogP contribution is -2.68. The molecular formula is C25H30O2Si. The standard InChI is InChI=1S/C25H30O2Si/c1-25(2,3)28(21-13-6-4-7-14-21,22-15-8-5-9-16-22)27-24-17-11-10-12-20-18-19-23(24)26-20/h4-11,13-16,18-20,23-24H,12,17H2,1-3H3/b11-10-/t20-,23-,24+/m1/s1. The Hall–Kier alpha value is -1.94. The van der Waals surface area contributed by atoms with Gasteiger partial charge in [0.05, 0.1) is 12.2 Å². The van der Waals surface area contributed by atoms with Crippen molar-refractivity contribution in [2.45, 2.75) is 57.0 Å². The van der Waals surface area contributed by atoms with Crippen LogP contribution in [0.4, 0.5) is 0 Å². The first-order valence-electron chi connectivity index (χ1n) is 10.3. The van der Waals surface area contributed by atoms with E-state index in [-0.39, 0.29) is 23.4 Å². The van der Waals surface area contributed by atoms with Crippen molar-refractivity contribution < 1.29 is 9.16 Å². The molecule has 0 unspecified atom stereocenters. The lowest BCUT2D eigenvalue weighted by Gasteiger charge is -2.46. The van der Waals surface area contributed by atoms with Crippen LogP contribution in [-0.4, -0.2) is 26.6 Å². The molecule has 0 N–H and O–H groups in total. The molecule has 0 aliphatic carbocycles. The van der Waals surface area contributed by atoms with E-state index in [1.165, 1.54) is 10.4 Å². The predicted octanol–water partition coefficient (Wildman–Crippen LogP) is 4.61. The van der Waals surface area contributed by atoms with Gasteiger partial charge in [-0.25, -0.2) is 0 Å². The molecule has 0 saturated heterocycles. The first-order valence-corrected chi connectivity index (χ1v) is 12.2. The highest BCUT2D eigenvalue weighted by Gasteiger charge is 2.52. The third-order valence-corrected chi connectivity index (χ3v) is 10.9. The number of hydrogen-bond acceptors (Lipinski definition) is 2. The minimum Gasteiger partial charge on any atom is -0.401 e. The Morgan fingerprint density at radius 1 is 0.821 bits per heavy atom. The molecule has 0 fully saturated rings. The van der Waals surface area contributed by atoms with E-state index < -0.39 is 8.32 Å². The highest BCUT2D eigenvalue weighted by Crippen LogP contribution is 2.39. The summed E-state index contributed by atoms with van der Waals surface area (Å²) in [6, 6.07) is 21.7. The van der Waals surface area contributed by atoms with Crippen LogP contribution in [0.1, 0.15) is 33.6 Å². The first kappa shape index (κ1) is 19.4. The van der Waals surface area contributed by atoms with Crippen LogP contribution in [0.3, 0.4) is 0 Å². The fraction of sp³-hybridized carbons (Fsp3) is 0.360. The number of rotatable bonds is 4. The van der Waals surface area contributed by atoms with Gasteiger partial charge < -0.3 is 9.16 Å². The topological polar surface area (TPSA) is 18.5 Å². The van der Waals surface area contributed by atoms with Crippen molar-refractivity contribution in [3.63, 3.8) is 0 Å². The predicted molar refractivity (Wildman–Crippen MR) is 119 cm³/mol. The molecule has 3 heteroatoms. The summed E-state index contributed by atoms with van der Waals surface area (Å²) in [6.07, 6.45) is 11.0. The van der Waals surface area contributed by atoms with E-state index >= 15 is 0 Å². The van der Waals surface area contributed by atoms with Gasteiger partial charge in [0.1, 0.15) is 6.10 Å². The number of hydrogen-bond donors (Lipinski definition) is 0. The van der Waals surface area contributed by atoms with Crippen LogP contribution < -0.4 is 10.4 Å². The minimum absolute atomic E-state index is 0.0177. The molecule has 2 nitrogen and oxygen atoms in total. The quantitative estimate of drug-likeness (QED) is 0.561. The summed E-state index contributed by atoms with van der Waals surface area (Å²) in [5.41, 5.74) is 0. The van der Waals surface area contributed by atoms with Crippen LogP contribution >= 0.6 is 0 Å². The Morgan fingerprint density at radius 3 is 1.96 bits per heavy atom. The zero-order valence-electron chi connectivity index (χ0n) is 17.0. The van der Waals surface area contributed by atoms with E-state index in [4.69, 9.17) is 9.16 Å². The SMILES string of the molecule is CC(C)(C)[Si](O[C@H]1C/C=C\C[C@@H]2C=C[C@H]1O2)(c1ccccc1)c1ccccc1. The molecule has 0 spiro atoms. The molecular weight excluding hydrogens is 360 g/mol. The third-order valence-electron chi connectivity index (χ3n) is 5.86. The fourth-order valence-corrected chi connectivity index (χ4v) is 9.20. The molecule has 2 aliphatic heterocycles. The number of fused-ring (bicyclic) bond motifs is 2. The molecule has 0 amide bonds. The fourth-order valence-electron chi connectivity index (χ4n) is 4.50. The summed E-state index contributed by atoms with van der Waals surface area (Å²) < 4.78 is 13.6. The van der Waals surface area contributed by atoms with Crippen LogP contribution in [-0.2, 0) is 9.16 Å². The van der Waals surface area contributed by atoms with Crippen LogP contribution in [0, 0.1) is 0 Å². The summed E-state index contributed by atoms with van der Waals surface area (Å²) in [5.74, 6) is 0. The Balaban J connectivity index is 1.84. The van der Waals surface area contributed by atoms with E-state index in [1.54, 1.807) is 0 Å². The second kappa shape index (κ2) is 7.82. The lowest BCUT2D eigenvalue weighted by molar-refractivity contribution is -0.0139. The van der Waals surface area contributed by atoms with E-state index in [9.17, 15) is 0 Å². The second-order valence-corrected chi connectivity index (χ2v) is 13.0. The van der Waals surface area contributed by atoms with Gasteiger partial charge in [0.25, 0.3) is 8.32 Å².